The summed E-state index contributed by atoms with van der Waals surface area (Å²) in [6, 6.07) is 10.8. The molecule has 0 spiro atoms. The fourth-order valence-corrected chi connectivity index (χ4v) is 5.13. The third-order valence-corrected chi connectivity index (χ3v) is 6.69. The first kappa shape index (κ1) is 20.9. The first-order valence-electron chi connectivity index (χ1n) is 11.8. The van der Waals surface area contributed by atoms with E-state index in [-0.39, 0.29) is 0 Å². The van der Waals surface area contributed by atoms with Gasteiger partial charge in [0.15, 0.2) is 35.2 Å². The molecule has 5 rings (SSSR count). The quantitative estimate of drug-likeness (QED) is 0.376. The summed E-state index contributed by atoms with van der Waals surface area (Å²) in [5.41, 5.74) is 5.15. The molecule has 3 aromatic rings. The van der Waals surface area contributed by atoms with Crippen LogP contribution < -0.4 is 23.5 Å². The molecule has 0 atom stereocenters. The second kappa shape index (κ2) is 8.89. The smallest absolute Gasteiger partial charge is 0.213 e. The number of ether oxygens (including phenoxy) is 4. The Kier molecular flexibility index (Phi) is 5.81. The molecule has 0 saturated heterocycles. The van der Waals surface area contributed by atoms with E-state index in [0.29, 0.717) is 13.2 Å². The van der Waals surface area contributed by atoms with Crippen molar-refractivity contribution in [1.29, 1.82) is 0 Å². The van der Waals surface area contributed by atoms with Gasteiger partial charge >= 0.3 is 0 Å². The van der Waals surface area contributed by atoms with E-state index in [0.717, 1.165) is 42.4 Å². The van der Waals surface area contributed by atoms with Crippen LogP contribution in [0, 0.1) is 0 Å². The molecule has 5 nitrogen and oxygen atoms in total. The van der Waals surface area contributed by atoms with Crippen LogP contribution in [-0.2, 0) is 19.4 Å². The number of fused-ring (bicyclic) bond motifs is 5. The maximum Gasteiger partial charge on any atom is 0.213 e. The second-order valence-electron chi connectivity index (χ2n) is 8.61. The van der Waals surface area contributed by atoms with Crippen molar-refractivity contribution in [3.8, 4) is 34.3 Å². The van der Waals surface area contributed by atoms with Crippen LogP contribution in [-0.4, -0.2) is 27.4 Å². The molecule has 3 heterocycles. The summed E-state index contributed by atoms with van der Waals surface area (Å²) in [7, 11) is 3.44. The lowest BCUT2D eigenvalue weighted by molar-refractivity contribution is -0.693. The zero-order valence-electron chi connectivity index (χ0n) is 19.3. The molecule has 0 amide bonds. The first-order chi connectivity index (χ1) is 15.7. The van der Waals surface area contributed by atoms with Gasteiger partial charge in [-0.25, -0.2) is 0 Å². The largest absolute Gasteiger partial charge is 0.493 e. The Bertz CT molecular complexity index is 1150. The lowest BCUT2D eigenvalue weighted by Crippen LogP contribution is -2.44. The molecular formula is C27H32NO4+. The lowest BCUT2D eigenvalue weighted by Gasteiger charge is -2.24. The van der Waals surface area contributed by atoms with E-state index < -0.39 is 0 Å². The Labute approximate surface area is 189 Å². The minimum Gasteiger partial charge on any atom is -0.493 e. The summed E-state index contributed by atoms with van der Waals surface area (Å²) in [5.74, 6) is 3.33. The van der Waals surface area contributed by atoms with E-state index in [1.54, 1.807) is 14.2 Å². The highest BCUT2D eigenvalue weighted by Crippen LogP contribution is 2.42. The van der Waals surface area contributed by atoms with Crippen LogP contribution in [0.3, 0.4) is 0 Å². The third kappa shape index (κ3) is 3.54. The average molecular weight is 435 g/mol. The van der Waals surface area contributed by atoms with Gasteiger partial charge in [-0.3, -0.25) is 0 Å². The molecule has 0 radical (unpaired) electrons. The van der Waals surface area contributed by atoms with Crippen molar-refractivity contribution < 1.29 is 23.5 Å². The van der Waals surface area contributed by atoms with Gasteiger partial charge < -0.3 is 18.9 Å². The molecule has 2 aromatic carbocycles. The van der Waals surface area contributed by atoms with Crippen LogP contribution in [0.25, 0.3) is 22.0 Å². The summed E-state index contributed by atoms with van der Waals surface area (Å²) in [4.78, 5) is 0. The number of pyridine rings is 1. The molecule has 0 bridgehead atoms. The van der Waals surface area contributed by atoms with Crippen LogP contribution in [0.2, 0.25) is 0 Å². The van der Waals surface area contributed by atoms with E-state index in [9.17, 15) is 0 Å². The number of aryl methyl sites for hydroxylation is 2. The molecule has 0 aliphatic carbocycles. The number of unbranched alkanes of at least 4 members (excludes halogenated alkanes) is 3. The van der Waals surface area contributed by atoms with E-state index >= 15 is 0 Å². The molecule has 0 fully saturated rings. The van der Waals surface area contributed by atoms with E-state index in [2.05, 4.69) is 35.8 Å². The highest BCUT2D eigenvalue weighted by Gasteiger charge is 2.32. The minimum absolute atomic E-state index is 0.600. The zero-order chi connectivity index (χ0) is 22.1. The maximum absolute atomic E-state index is 5.91. The van der Waals surface area contributed by atoms with E-state index in [1.165, 1.54) is 59.0 Å². The number of hydrogen-bond acceptors (Lipinski definition) is 4. The van der Waals surface area contributed by atoms with Crippen molar-refractivity contribution in [2.75, 3.05) is 27.4 Å². The van der Waals surface area contributed by atoms with E-state index in [1.807, 2.05) is 6.07 Å². The monoisotopic (exact) mass is 434 g/mol. The van der Waals surface area contributed by atoms with Gasteiger partial charge in [-0.2, -0.15) is 4.57 Å². The summed E-state index contributed by atoms with van der Waals surface area (Å²) in [6.45, 7) is 4.42. The normalized spacial score (nSPS) is 14.1. The number of rotatable bonds is 7. The maximum atomic E-state index is 5.91. The Morgan fingerprint density at radius 1 is 0.938 bits per heavy atom. The minimum atomic E-state index is 0.600. The third-order valence-electron chi connectivity index (χ3n) is 6.69. The Morgan fingerprint density at radius 2 is 1.75 bits per heavy atom. The number of aromatic nitrogens is 1. The number of benzene rings is 2. The van der Waals surface area contributed by atoms with Gasteiger partial charge in [0.2, 0.25) is 5.69 Å². The van der Waals surface area contributed by atoms with Gasteiger partial charge in [0, 0.05) is 18.9 Å². The fourth-order valence-electron chi connectivity index (χ4n) is 5.13. The van der Waals surface area contributed by atoms with Crippen LogP contribution in [0.4, 0.5) is 0 Å². The topological polar surface area (TPSA) is 40.8 Å². The predicted molar refractivity (Wildman–Crippen MR) is 125 cm³/mol. The van der Waals surface area contributed by atoms with Crippen LogP contribution in [0.15, 0.2) is 30.3 Å². The van der Waals surface area contributed by atoms with Gasteiger partial charge in [-0.1, -0.05) is 26.2 Å². The molecule has 2 aliphatic heterocycles. The predicted octanol–water partition coefficient (Wildman–Crippen LogP) is 5.26. The van der Waals surface area contributed by atoms with Crippen molar-refractivity contribution in [2.24, 2.45) is 0 Å². The Hall–Kier alpha value is -2.95. The fraction of sp³-hybridized carbons (Fsp3) is 0.444. The molecule has 1 aromatic heterocycles. The van der Waals surface area contributed by atoms with Crippen molar-refractivity contribution in [1.82, 2.24) is 0 Å². The second-order valence-corrected chi connectivity index (χ2v) is 8.61. The molecule has 32 heavy (non-hydrogen) atoms. The van der Waals surface area contributed by atoms with Crippen molar-refractivity contribution in [2.45, 2.75) is 52.0 Å². The summed E-state index contributed by atoms with van der Waals surface area (Å²) in [5, 5.41) is 2.36. The standard InChI is InChI=1S/C27H32NO4/c1-4-5-6-7-8-21-26-19(9-10-23(29-2)27(26)30-3)15-22-20-17-25-24(31-13-14-32-25)16-18(20)11-12-28(21)22/h9-10,15-17H,4-8,11-14H2,1-3H3/q+1. The number of methoxy groups -OCH3 is 2. The molecule has 0 unspecified atom stereocenters. The van der Waals surface area contributed by atoms with Crippen LogP contribution in [0.1, 0.15) is 43.9 Å². The Morgan fingerprint density at radius 3 is 2.50 bits per heavy atom. The number of hydrogen-bond donors (Lipinski definition) is 0. The highest BCUT2D eigenvalue weighted by atomic mass is 16.6. The van der Waals surface area contributed by atoms with Crippen molar-refractivity contribution in [3.63, 3.8) is 0 Å². The van der Waals surface area contributed by atoms with E-state index in [4.69, 9.17) is 18.9 Å². The Balaban J connectivity index is 1.71. The van der Waals surface area contributed by atoms with Gasteiger partial charge in [-0.05, 0) is 41.6 Å². The highest BCUT2D eigenvalue weighted by molar-refractivity contribution is 5.94. The molecule has 168 valence electrons. The lowest BCUT2D eigenvalue weighted by atomic mass is 9.92. The van der Waals surface area contributed by atoms with Crippen LogP contribution >= 0.6 is 0 Å². The average Bonchev–Trinajstić information content (AvgIpc) is 2.84. The van der Waals surface area contributed by atoms with Crippen LogP contribution in [0.5, 0.6) is 23.0 Å². The first-order valence-corrected chi connectivity index (χ1v) is 11.8. The molecular weight excluding hydrogens is 402 g/mol. The van der Waals surface area contributed by atoms with Gasteiger partial charge in [0.25, 0.3) is 0 Å². The molecule has 2 aliphatic rings. The summed E-state index contributed by atoms with van der Waals surface area (Å²) >= 11 is 0. The summed E-state index contributed by atoms with van der Waals surface area (Å²) in [6.07, 6.45) is 6.91. The van der Waals surface area contributed by atoms with Crippen molar-refractivity contribution >= 4 is 10.8 Å². The van der Waals surface area contributed by atoms with Gasteiger partial charge in [0.05, 0.1) is 25.2 Å². The molecule has 5 heteroatoms. The van der Waals surface area contributed by atoms with Gasteiger partial charge in [0.1, 0.15) is 13.2 Å². The SMILES string of the molecule is CCCCCCc1c2c(OC)c(OC)ccc2cc2[n+]1CCc1cc3c(cc1-2)OCCO3. The van der Waals surface area contributed by atoms with Crippen molar-refractivity contribution in [3.05, 3.63) is 41.6 Å². The molecule has 0 saturated carbocycles. The van der Waals surface area contributed by atoms with Gasteiger partial charge in [-0.15, -0.1) is 0 Å². The molecule has 0 N–H and O–H groups in total. The summed E-state index contributed by atoms with van der Waals surface area (Å²) < 4.78 is 25.8. The zero-order valence-corrected chi connectivity index (χ0v) is 19.3. The number of nitrogens with zero attached hydrogens (tertiary/aromatic N) is 1.